The van der Waals surface area contributed by atoms with Gasteiger partial charge in [-0.25, -0.2) is 0 Å². The summed E-state index contributed by atoms with van der Waals surface area (Å²) in [5.74, 6) is -1.27. The smallest absolute Gasteiger partial charge is 0.305 e. The summed E-state index contributed by atoms with van der Waals surface area (Å²) in [6, 6.07) is 0. The largest absolute Gasteiger partial charge is 0.453 e. The summed E-state index contributed by atoms with van der Waals surface area (Å²) in [5.41, 5.74) is 0. The number of ether oxygens (including phenoxy) is 3. The lowest BCUT2D eigenvalue weighted by Crippen LogP contribution is -2.37. The van der Waals surface area contributed by atoms with Gasteiger partial charge in [-0.3, -0.25) is 9.59 Å². The number of hydrogen-bond donors (Lipinski definition) is 1. The lowest BCUT2D eigenvalue weighted by molar-refractivity contribution is -0.202. The average molecular weight is 232 g/mol. The molecule has 16 heavy (non-hydrogen) atoms. The van der Waals surface area contributed by atoms with Crippen LogP contribution in [0.5, 0.6) is 0 Å². The molecule has 0 aliphatic carbocycles. The summed E-state index contributed by atoms with van der Waals surface area (Å²) >= 11 is 0. The monoisotopic (exact) mass is 232 g/mol. The average Bonchev–Trinajstić information content (AvgIpc) is 2.14. The van der Waals surface area contributed by atoms with Gasteiger partial charge in [-0.15, -0.1) is 6.58 Å². The van der Waals surface area contributed by atoms with Crippen LogP contribution in [0.2, 0.25) is 0 Å². The summed E-state index contributed by atoms with van der Waals surface area (Å²) < 4.78 is 14.2. The van der Waals surface area contributed by atoms with Crippen molar-refractivity contribution in [3.63, 3.8) is 0 Å². The van der Waals surface area contributed by atoms with E-state index >= 15 is 0 Å². The zero-order chi connectivity index (χ0) is 12.6. The molecule has 0 aliphatic rings. The third-order valence-corrected chi connectivity index (χ3v) is 1.44. The molecule has 2 unspecified atom stereocenters. The van der Waals surface area contributed by atoms with Crippen LogP contribution in [0.25, 0.3) is 0 Å². The molecule has 0 amide bonds. The standard InChI is InChI=1S/C10H16O6/c1-4-5-14-6-9(15-7(2)11)10(13)16-8(3)12/h4,9-10,13H,1,5-6H2,2-3H3. The first-order valence-corrected chi connectivity index (χ1v) is 4.68. The highest BCUT2D eigenvalue weighted by molar-refractivity contribution is 5.67. The van der Waals surface area contributed by atoms with E-state index in [1.54, 1.807) is 0 Å². The second-order valence-corrected chi connectivity index (χ2v) is 2.97. The van der Waals surface area contributed by atoms with Crippen LogP contribution in [0.1, 0.15) is 13.8 Å². The molecule has 0 radical (unpaired) electrons. The Bertz CT molecular complexity index is 250. The van der Waals surface area contributed by atoms with Gasteiger partial charge in [0.1, 0.15) is 0 Å². The molecule has 0 saturated heterocycles. The molecule has 0 rings (SSSR count). The van der Waals surface area contributed by atoms with Gasteiger partial charge in [0.2, 0.25) is 6.29 Å². The van der Waals surface area contributed by atoms with Gasteiger partial charge in [0.15, 0.2) is 6.10 Å². The van der Waals surface area contributed by atoms with Crippen molar-refractivity contribution < 1.29 is 28.9 Å². The molecule has 1 N–H and O–H groups in total. The van der Waals surface area contributed by atoms with Gasteiger partial charge in [0.05, 0.1) is 13.2 Å². The topological polar surface area (TPSA) is 82.1 Å². The van der Waals surface area contributed by atoms with Crippen LogP contribution in [0.4, 0.5) is 0 Å². The number of carbonyl (C=O) groups excluding carboxylic acids is 2. The van der Waals surface area contributed by atoms with Gasteiger partial charge in [0.25, 0.3) is 0 Å². The molecule has 2 atom stereocenters. The Morgan fingerprint density at radius 3 is 2.31 bits per heavy atom. The zero-order valence-corrected chi connectivity index (χ0v) is 9.34. The van der Waals surface area contributed by atoms with E-state index in [0.29, 0.717) is 0 Å². The fourth-order valence-corrected chi connectivity index (χ4v) is 0.901. The van der Waals surface area contributed by atoms with Gasteiger partial charge in [-0.2, -0.15) is 0 Å². The van der Waals surface area contributed by atoms with Crippen molar-refractivity contribution in [1.29, 1.82) is 0 Å². The molecule has 0 fully saturated rings. The molecule has 0 spiro atoms. The van der Waals surface area contributed by atoms with Gasteiger partial charge >= 0.3 is 11.9 Å². The quantitative estimate of drug-likeness (QED) is 0.288. The molecule has 6 heteroatoms. The highest BCUT2D eigenvalue weighted by atomic mass is 16.7. The van der Waals surface area contributed by atoms with Crippen molar-refractivity contribution in [2.75, 3.05) is 13.2 Å². The molecule has 0 aromatic heterocycles. The minimum Gasteiger partial charge on any atom is -0.453 e. The Kier molecular flexibility index (Phi) is 7.15. The molecule has 6 nitrogen and oxygen atoms in total. The van der Waals surface area contributed by atoms with Crippen molar-refractivity contribution in [3.05, 3.63) is 12.7 Å². The van der Waals surface area contributed by atoms with E-state index in [0.717, 1.165) is 6.92 Å². The molecule has 0 saturated carbocycles. The van der Waals surface area contributed by atoms with Crippen LogP contribution >= 0.6 is 0 Å². The summed E-state index contributed by atoms with van der Waals surface area (Å²) in [5, 5.41) is 9.40. The van der Waals surface area contributed by atoms with E-state index in [1.807, 2.05) is 0 Å². The molecule has 0 aliphatic heterocycles. The number of aliphatic hydroxyl groups excluding tert-OH is 1. The highest BCUT2D eigenvalue weighted by Crippen LogP contribution is 2.04. The van der Waals surface area contributed by atoms with E-state index < -0.39 is 24.3 Å². The van der Waals surface area contributed by atoms with Crippen molar-refractivity contribution in [2.24, 2.45) is 0 Å². The zero-order valence-electron chi connectivity index (χ0n) is 9.34. The van der Waals surface area contributed by atoms with Crippen LogP contribution in [-0.4, -0.2) is 42.7 Å². The van der Waals surface area contributed by atoms with E-state index in [1.165, 1.54) is 13.0 Å². The van der Waals surface area contributed by atoms with Crippen LogP contribution in [-0.2, 0) is 23.8 Å². The highest BCUT2D eigenvalue weighted by Gasteiger charge is 2.25. The van der Waals surface area contributed by atoms with E-state index in [4.69, 9.17) is 9.47 Å². The number of rotatable bonds is 7. The first kappa shape index (κ1) is 14.6. The SMILES string of the molecule is C=CCOCC(OC(C)=O)C(O)OC(C)=O. The first-order chi connectivity index (χ1) is 7.47. The summed E-state index contributed by atoms with van der Waals surface area (Å²) in [6.45, 7) is 5.91. The van der Waals surface area contributed by atoms with Crippen molar-refractivity contribution in [3.8, 4) is 0 Å². The Hall–Kier alpha value is -1.40. The number of aliphatic hydroxyl groups is 1. The minimum absolute atomic E-state index is 0.0833. The normalized spacial score (nSPS) is 13.7. The van der Waals surface area contributed by atoms with Crippen molar-refractivity contribution in [1.82, 2.24) is 0 Å². The summed E-state index contributed by atoms with van der Waals surface area (Å²) in [4.78, 5) is 21.3. The third kappa shape index (κ3) is 6.97. The molecular formula is C10H16O6. The predicted molar refractivity (Wildman–Crippen MR) is 54.3 cm³/mol. The number of hydrogen-bond acceptors (Lipinski definition) is 6. The maximum absolute atomic E-state index is 10.7. The Labute approximate surface area is 93.8 Å². The van der Waals surface area contributed by atoms with Crippen LogP contribution in [0, 0.1) is 0 Å². The third-order valence-electron chi connectivity index (χ3n) is 1.44. The van der Waals surface area contributed by atoms with E-state index in [2.05, 4.69) is 11.3 Å². The first-order valence-electron chi connectivity index (χ1n) is 4.68. The van der Waals surface area contributed by atoms with Crippen molar-refractivity contribution >= 4 is 11.9 Å². The lowest BCUT2D eigenvalue weighted by atomic mass is 10.3. The fourth-order valence-electron chi connectivity index (χ4n) is 0.901. The molecular weight excluding hydrogens is 216 g/mol. The fraction of sp³-hybridized carbons (Fsp3) is 0.600. The molecule has 92 valence electrons. The number of carbonyl (C=O) groups is 2. The second-order valence-electron chi connectivity index (χ2n) is 2.97. The van der Waals surface area contributed by atoms with Crippen LogP contribution < -0.4 is 0 Å². The Balaban J connectivity index is 4.21. The summed E-state index contributed by atoms with van der Waals surface area (Å²) in [6.07, 6.45) is -1.07. The molecule has 0 bridgehead atoms. The maximum Gasteiger partial charge on any atom is 0.305 e. The molecule has 0 heterocycles. The van der Waals surface area contributed by atoms with Crippen LogP contribution in [0.3, 0.4) is 0 Å². The molecule has 0 aromatic carbocycles. The van der Waals surface area contributed by atoms with Gasteiger partial charge in [-0.1, -0.05) is 6.08 Å². The summed E-state index contributed by atoms with van der Waals surface area (Å²) in [7, 11) is 0. The number of esters is 2. The van der Waals surface area contributed by atoms with Crippen LogP contribution in [0.15, 0.2) is 12.7 Å². The predicted octanol–water partition coefficient (Wildman–Crippen LogP) is 0.00220. The Morgan fingerprint density at radius 1 is 1.31 bits per heavy atom. The van der Waals surface area contributed by atoms with E-state index in [-0.39, 0.29) is 13.2 Å². The minimum atomic E-state index is -1.54. The molecule has 0 aromatic rings. The van der Waals surface area contributed by atoms with Gasteiger partial charge in [-0.05, 0) is 0 Å². The Morgan fingerprint density at radius 2 is 1.88 bits per heavy atom. The second kappa shape index (κ2) is 7.84. The lowest BCUT2D eigenvalue weighted by Gasteiger charge is -2.21. The van der Waals surface area contributed by atoms with Gasteiger partial charge < -0.3 is 19.3 Å². The van der Waals surface area contributed by atoms with E-state index in [9.17, 15) is 14.7 Å². The van der Waals surface area contributed by atoms with Crippen molar-refractivity contribution in [2.45, 2.75) is 26.2 Å². The van der Waals surface area contributed by atoms with Gasteiger partial charge in [0, 0.05) is 13.8 Å². The maximum atomic E-state index is 10.7.